The Kier molecular flexibility index (Phi) is 3.67. The van der Waals surface area contributed by atoms with E-state index in [1.165, 1.54) is 0 Å². The molecule has 1 unspecified atom stereocenters. The average molecular weight is 197 g/mol. The van der Waals surface area contributed by atoms with Gasteiger partial charge in [-0.2, -0.15) is 0 Å². The van der Waals surface area contributed by atoms with E-state index in [9.17, 15) is 4.79 Å². The summed E-state index contributed by atoms with van der Waals surface area (Å²) in [4.78, 5) is 11.4. The van der Waals surface area contributed by atoms with Crippen LogP contribution < -0.4 is 5.32 Å². The highest BCUT2D eigenvalue weighted by Gasteiger charge is 2.05. The largest absolute Gasteiger partial charge is 0.478 e. The zero-order valence-electron chi connectivity index (χ0n) is 7.23. The Labute approximate surface area is 80.7 Å². The smallest absolute Gasteiger partial charge is 0.328 e. The summed E-state index contributed by atoms with van der Waals surface area (Å²) in [5.74, 6) is -0.920. The number of rotatable bonds is 4. The van der Waals surface area contributed by atoms with Gasteiger partial charge in [-0.15, -0.1) is 11.3 Å². The Bertz CT molecular complexity index is 293. The first-order valence-corrected chi connectivity index (χ1v) is 4.74. The maximum absolute atomic E-state index is 10.3. The highest BCUT2D eigenvalue weighted by atomic mass is 32.1. The van der Waals surface area contributed by atoms with Crippen LogP contribution in [0.5, 0.6) is 0 Å². The maximum atomic E-state index is 10.3. The molecule has 0 saturated carbocycles. The SMILES string of the molecule is CNC(/C=C/C(=O)O)c1cccs1. The Morgan fingerprint density at radius 2 is 2.54 bits per heavy atom. The summed E-state index contributed by atoms with van der Waals surface area (Å²) >= 11 is 1.60. The number of hydrogen-bond donors (Lipinski definition) is 2. The van der Waals surface area contributed by atoms with Crippen molar-refractivity contribution < 1.29 is 9.90 Å². The van der Waals surface area contributed by atoms with Crippen LogP contribution in [0.2, 0.25) is 0 Å². The number of hydrogen-bond acceptors (Lipinski definition) is 3. The van der Waals surface area contributed by atoms with Gasteiger partial charge in [0.15, 0.2) is 0 Å². The topological polar surface area (TPSA) is 49.3 Å². The molecule has 1 heterocycles. The van der Waals surface area contributed by atoms with E-state index in [2.05, 4.69) is 5.32 Å². The molecule has 1 rings (SSSR count). The molecule has 0 saturated heterocycles. The van der Waals surface area contributed by atoms with Crippen molar-refractivity contribution in [2.24, 2.45) is 0 Å². The van der Waals surface area contributed by atoms with Crippen LogP contribution in [-0.4, -0.2) is 18.1 Å². The summed E-state index contributed by atoms with van der Waals surface area (Å²) in [6.07, 6.45) is 2.79. The van der Waals surface area contributed by atoms with E-state index in [0.717, 1.165) is 11.0 Å². The van der Waals surface area contributed by atoms with Crippen molar-refractivity contribution in [3.05, 3.63) is 34.5 Å². The first-order valence-electron chi connectivity index (χ1n) is 3.86. The van der Waals surface area contributed by atoms with Crippen LogP contribution in [0.1, 0.15) is 10.9 Å². The fourth-order valence-electron chi connectivity index (χ4n) is 0.980. The van der Waals surface area contributed by atoms with Gasteiger partial charge in [-0.05, 0) is 18.5 Å². The molecular formula is C9H11NO2S. The molecule has 3 nitrogen and oxygen atoms in total. The van der Waals surface area contributed by atoms with Crippen LogP contribution in [0, 0.1) is 0 Å². The minimum absolute atomic E-state index is 0.00361. The first-order chi connectivity index (χ1) is 6.24. The lowest BCUT2D eigenvalue weighted by Crippen LogP contribution is -2.12. The molecule has 0 amide bonds. The minimum atomic E-state index is -0.920. The number of carboxylic acid groups (broad SMARTS) is 1. The molecular weight excluding hydrogens is 186 g/mol. The lowest BCUT2D eigenvalue weighted by molar-refractivity contribution is -0.131. The average Bonchev–Trinajstić information content (AvgIpc) is 2.58. The van der Waals surface area contributed by atoms with Crippen LogP contribution in [0.25, 0.3) is 0 Å². The Morgan fingerprint density at radius 1 is 1.77 bits per heavy atom. The van der Waals surface area contributed by atoms with Crippen molar-refractivity contribution in [2.75, 3.05) is 7.05 Å². The van der Waals surface area contributed by atoms with Gasteiger partial charge in [-0.3, -0.25) is 0 Å². The molecule has 0 aliphatic carbocycles. The third kappa shape index (κ3) is 3.01. The number of likely N-dealkylation sites (N-methyl/N-ethyl adjacent to an activating group) is 1. The predicted octanol–water partition coefficient (Wildman–Crippen LogP) is 1.65. The molecule has 0 fully saturated rings. The zero-order valence-corrected chi connectivity index (χ0v) is 8.04. The first kappa shape index (κ1) is 9.95. The van der Waals surface area contributed by atoms with Gasteiger partial charge in [0.05, 0.1) is 6.04 Å². The van der Waals surface area contributed by atoms with Gasteiger partial charge >= 0.3 is 5.97 Å². The van der Waals surface area contributed by atoms with Crippen LogP contribution in [0.3, 0.4) is 0 Å². The Morgan fingerprint density at radius 3 is 3.00 bits per heavy atom. The maximum Gasteiger partial charge on any atom is 0.328 e. The van der Waals surface area contributed by atoms with Crippen molar-refractivity contribution >= 4 is 17.3 Å². The molecule has 0 spiro atoms. The van der Waals surface area contributed by atoms with Gasteiger partial charge in [0.1, 0.15) is 0 Å². The molecule has 0 bridgehead atoms. The van der Waals surface area contributed by atoms with E-state index in [0.29, 0.717) is 0 Å². The molecule has 0 aliphatic rings. The van der Waals surface area contributed by atoms with Crippen molar-refractivity contribution in [1.82, 2.24) is 5.32 Å². The second-order valence-electron chi connectivity index (χ2n) is 2.48. The highest BCUT2D eigenvalue weighted by molar-refractivity contribution is 7.10. The van der Waals surface area contributed by atoms with E-state index in [-0.39, 0.29) is 6.04 Å². The fourth-order valence-corrected chi connectivity index (χ4v) is 1.79. The highest BCUT2D eigenvalue weighted by Crippen LogP contribution is 2.19. The number of nitrogens with one attached hydrogen (secondary N) is 1. The monoisotopic (exact) mass is 197 g/mol. The van der Waals surface area contributed by atoms with E-state index in [1.807, 2.05) is 17.5 Å². The summed E-state index contributed by atoms with van der Waals surface area (Å²) in [7, 11) is 1.80. The van der Waals surface area contributed by atoms with Crippen LogP contribution in [0.4, 0.5) is 0 Å². The summed E-state index contributed by atoms with van der Waals surface area (Å²) in [5.41, 5.74) is 0. The minimum Gasteiger partial charge on any atom is -0.478 e. The molecule has 0 radical (unpaired) electrons. The third-order valence-electron chi connectivity index (χ3n) is 1.59. The predicted molar refractivity (Wildman–Crippen MR) is 52.9 cm³/mol. The molecule has 0 aromatic carbocycles. The lowest BCUT2D eigenvalue weighted by atomic mass is 10.2. The summed E-state index contributed by atoms with van der Waals surface area (Å²) in [5, 5.41) is 13.4. The molecule has 4 heteroatoms. The fraction of sp³-hybridized carbons (Fsp3) is 0.222. The standard InChI is InChI=1S/C9H11NO2S/c1-10-7(4-5-9(11)12)8-3-2-6-13-8/h2-7,10H,1H3,(H,11,12)/b5-4+. The Balaban J connectivity index is 2.69. The van der Waals surface area contributed by atoms with Crippen molar-refractivity contribution in [3.63, 3.8) is 0 Å². The second kappa shape index (κ2) is 4.79. The third-order valence-corrected chi connectivity index (χ3v) is 2.55. The van der Waals surface area contributed by atoms with Gasteiger partial charge in [-0.1, -0.05) is 12.1 Å². The van der Waals surface area contributed by atoms with Gasteiger partial charge in [-0.25, -0.2) is 4.79 Å². The number of carbonyl (C=O) groups is 1. The molecule has 0 aliphatic heterocycles. The van der Waals surface area contributed by atoms with E-state index in [1.54, 1.807) is 24.5 Å². The van der Waals surface area contributed by atoms with E-state index < -0.39 is 5.97 Å². The van der Waals surface area contributed by atoms with Crippen LogP contribution in [0.15, 0.2) is 29.7 Å². The van der Waals surface area contributed by atoms with E-state index in [4.69, 9.17) is 5.11 Å². The normalized spacial score (nSPS) is 13.3. The zero-order chi connectivity index (χ0) is 9.68. The lowest BCUT2D eigenvalue weighted by Gasteiger charge is -2.07. The Hall–Kier alpha value is -1.13. The van der Waals surface area contributed by atoms with Crippen molar-refractivity contribution in [3.8, 4) is 0 Å². The molecule has 13 heavy (non-hydrogen) atoms. The molecule has 70 valence electrons. The summed E-state index contributed by atoms with van der Waals surface area (Å²) < 4.78 is 0. The number of aliphatic carboxylic acids is 1. The quantitative estimate of drug-likeness (QED) is 0.721. The van der Waals surface area contributed by atoms with Crippen LogP contribution >= 0.6 is 11.3 Å². The number of thiophene rings is 1. The van der Waals surface area contributed by atoms with E-state index >= 15 is 0 Å². The van der Waals surface area contributed by atoms with Gasteiger partial charge < -0.3 is 10.4 Å². The molecule has 1 atom stereocenters. The van der Waals surface area contributed by atoms with Crippen molar-refractivity contribution in [2.45, 2.75) is 6.04 Å². The van der Waals surface area contributed by atoms with Crippen LogP contribution in [-0.2, 0) is 4.79 Å². The second-order valence-corrected chi connectivity index (χ2v) is 3.46. The molecule has 1 aromatic heterocycles. The summed E-state index contributed by atoms with van der Waals surface area (Å²) in [6.45, 7) is 0. The number of carboxylic acids is 1. The van der Waals surface area contributed by atoms with Gasteiger partial charge in [0.25, 0.3) is 0 Å². The molecule has 2 N–H and O–H groups in total. The van der Waals surface area contributed by atoms with Crippen molar-refractivity contribution in [1.29, 1.82) is 0 Å². The summed E-state index contributed by atoms with van der Waals surface area (Å²) in [6, 6.07) is 3.91. The molecule has 1 aromatic rings. The van der Waals surface area contributed by atoms with Gasteiger partial charge in [0.2, 0.25) is 0 Å². The van der Waals surface area contributed by atoms with Gasteiger partial charge in [0, 0.05) is 11.0 Å².